The van der Waals surface area contributed by atoms with Gasteiger partial charge in [-0.3, -0.25) is 4.21 Å². The molecule has 0 spiro atoms. The summed E-state index contributed by atoms with van der Waals surface area (Å²) in [4.78, 5) is 0. The summed E-state index contributed by atoms with van der Waals surface area (Å²) < 4.78 is 23.1. The smallest absolute Gasteiger partial charge is 0.118 e. The Labute approximate surface area is 129 Å². The molecule has 3 unspecified atom stereocenters. The molecule has 1 aromatic carbocycles. The molecule has 0 aliphatic carbocycles. The van der Waals surface area contributed by atoms with Gasteiger partial charge in [-0.2, -0.15) is 0 Å². The van der Waals surface area contributed by atoms with Crippen molar-refractivity contribution < 1.29 is 13.7 Å². The standard InChI is InChI=1S/C16H25NO3S/c1-3-17-16(13-6-8-14(19-2)9-7-13)12-21(18)11-15-5-4-10-20-15/h6-9,15-17H,3-5,10-12H2,1-2H3. The Balaban J connectivity index is 1.94. The molecule has 2 rings (SSSR count). The second-order valence-electron chi connectivity index (χ2n) is 5.29. The summed E-state index contributed by atoms with van der Waals surface area (Å²) in [6.45, 7) is 3.74. The fraction of sp³-hybridized carbons (Fsp3) is 0.625. The van der Waals surface area contributed by atoms with E-state index in [9.17, 15) is 4.21 Å². The molecule has 1 aliphatic heterocycles. The van der Waals surface area contributed by atoms with E-state index in [1.165, 1.54) is 0 Å². The molecule has 1 aliphatic rings. The Morgan fingerprint density at radius 2 is 2.19 bits per heavy atom. The lowest BCUT2D eigenvalue weighted by atomic mass is 10.1. The van der Waals surface area contributed by atoms with Crippen molar-refractivity contribution in [3.8, 4) is 5.75 Å². The van der Waals surface area contributed by atoms with Crippen molar-refractivity contribution in [3.63, 3.8) is 0 Å². The van der Waals surface area contributed by atoms with Crippen LogP contribution in [0.3, 0.4) is 0 Å². The minimum absolute atomic E-state index is 0.114. The first kappa shape index (κ1) is 16.5. The van der Waals surface area contributed by atoms with E-state index in [-0.39, 0.29) is 12.1 Å². The van der Waals surface area contributed by atoms with Gasteiger partial charge >= 0.3 is 0 Å². The van der Waals surface area contributed by atoms with E-state index >= 15 is 0 Å². The molecule has 0 amide bonds. The first-order valence-corrected chi connectivity index (χ1v) is 9.05. The van der Waals surface area contributed by atoms with Crippen LogP contribution in [0.1, 0.15) is 31.4 Å². The highest BCUT2D eigenvalue weighted by atomic mass is 32.2. The lowest BCUT2D eigenvalue weighted by Gasteiger charge is -2.19. The summed E-state index contributed by atoms with van der Waals surface area (Å²) in [6.07, 6.45) is 2.32. The highest BCUT2D eigenvalue weighted by molar-refractivity contribution is 7.85. The van der Waals surface area contributed by atoms with E-state index in [0.29, 0.717) is 11.5 Å². The highest BCUT2D eigenvalue weighted by Crippen LogP contribution is 2.20. The third-order valence-corrected chi connectivity index (χ3v) is 5.17. The van der Waals surface area contributed by atoms with Gasteiger partial charge < -0.3 is 14.8 Å². The van der Waals surface area contributed by atoms with Gasteiger partial charge in [0.1, 0.15) is 5.75 Å². The van der Waals surface area contributed by atoms with Crippen molar-refractivity contribution >= 4 is 10.8 Å². The van der Waals surface area contributed by atoms with Gasteiger partial charge in [-0.15, -0.1) is 0 Å². The number of methoxy groups -OCH3 is 1. The molecule has 0 bridgehead atoms. The highest BCUT2D eigenvalue weighted by Gasteiger charge is 2.21. The molecule has 1 N–H and O–H groups in total. The Bertz CT molecular complexity index is 443. The fourth-order valence-electron chi connectivity index (χ4n) is 2.59. The first-order chi connectivity index (χ1) is 10.2. The van der Waals surface area contributed by atoms with Crippen LogP contribution >= 0.6 is 0 Å². The molecule has 3 atom stereocenters. The van der Waals surface area contributed by atoms with Gasteiger partial charge in [0.05, 0.1) is 13.2 Å². The van der Waals surface area contributed by atoms with E-state index < -0.39 is 10.8 Å². The zero-order chi connectivity index (χ0) is 15.1. The molecule has 0 radical (unpaired) electrons. The fourth-order valence-corrected chi connectivity index (χ4v) is 4.09. The SMILES string of the molecule is CCNC(CS(=O)CC1CCCO1)c1ccc(OC)cc1. The third kappa shape index (κ3) is 5.09. The van der Waals surface area contributed by atoms with Crippen LogP contribution in [-0.4, -0.2) is 42.1 Å². The Morgan fingerprint density at radius 3 is 2.76 bits per heavy atom. The molecule has 1 aromatic rings. The van der Waals surface area contributed by atoms with E-state index in [1.54, 1.807) is 7.11 Å². The molecular formula is C16H25NO3S. The van der Waals surface area contributed by atoms with E-state index in [2.05, 4.69) is 12.2 Å². The topological polar surface area (TPSA) is 47.6 Å². The van der Waals surface area contributed by atoms with Crippen molar-refractivity contribution in [2.24, 2.45) is 0 Å². The van der Waals surface area contributed by atoms with E-state index in [0.717, 1.165) is 37.3 Å². The second-order valence-corrected chi connectivity index (χ2v) is 6.84. The second kappa shape index (κ2) is 8.51. The van der Waals surface area contributed by atoms with Crippen LogP contribution in [0.25, 0.3) is 0 Å². The summed E-state index contributed by atoms with van der Waals surface area (Å²) in [6, 6.07) is 8.08. The average Bonchev–Trinajstić information content (AvgIpc) is 3.00. The van der Waals surface area contributed by atoms with Crippen LogP contribution in [-0.2, 0) is 15.5 Å². The third-order valence-electron chi connectivity index (χ3n) is 3.72. The average molecular weight is 311 g/mol. The summed E-state index contributed by atoms with van der Waals surface area (Å²) in [5, 5.41) is 3.42. The van der Waals surface area contributed by atoms with Crippen molar-refractivity contribution in [1.29, 1.82) is 0 Å². The van der Waals surface area contributed by atoms with Gasteiger partial charge in [-0.05, 0) is 37.1 Å². The van der Waals surface area contributed by atoms with Crippen molar-refractivity contribution in [3.05, 3.63) is 29.8 Å². The van der Waals surface area contributed by atoms with E-state index in [4.69, 9.17) is 9.47 Å². The molecule has 21 heavy (non-hydrogen) atoms. The summed E-state index contributed by atoms with van der Waals surface area (Å²) in [5.41, 5.74) is 1.15. The maximum Gasteiger partial charge on any atom is 0.118 e. The molecule has 0 saturated carbocycles. The molecule has 1 heterocycles. The van der Waals surface area contributed by atoms with Gasteiger partial charge in [0.2, 0.25) is 0 Å². The minimum atomic E-state index is -0.868. The number of benzene rings is 1. The number of nitrogens with one attached hydrogen (secondary N) is 1. The van der Waals surface area contributed by atoms with Gasteiger partial charge in [-0.1, -0.05) is 19.1 Å². The van der Waals surface area contributed by atoms with Gasteiger partial charge in [0.25, 0.3) is 0 Å². The molecule has 118 valence electrons. The molecule has 1 saturated heterocycles. The Kier molecular flexibility index (Phi) is 6.67. The molecule has 4 nitrogen and oxygen atoms in total. The van der Waals surface area contributed by atoms with Gasteiger partial charge in [-0.25, -0.2) is 0 Å². The van der Waals surface area contributed by atoms with Crippen LogP contribution in [0.4, 0.5) is 0 Å². The van der Waals surface area contributed by atoms with Crippen LogP contribution in [0.15, 0.2) is 24.3 Å². The summed E-state index contributed by atoms with van der Waals surface area (Å²) in [7, 11) is 0.792. The lowest BCUT2D eigenvalue weighted by molar-refractivity contribution is 0.128. The van der Waals surface area contributed by atoms with E-state index in [1.807, 2.05) is 24.3 Å². The monoisotopic (exact) mass is 311 g/mol. The summed E-state index contributed by atoms with van der Waals surface area (Å²) >= 11 is 0. The molecular weight excluding hydrogens is 286 g/mol. The number of hydrogen-bond donors (Lipinski definition) is 1. The molecule has 5 heteroatoms. The van der Waals surface area contributed by atoms with Crippen molar-refractivity contribution in [2.75, 3.05) is 31.8 Å². The first-order valence-electron chi connectivity index (χ1n) is 7.56. The Morgan fingerprint density at radius 1 is 1.43 bits per heavy atom. The van der Waals surface area contributed by atoms with Crippen molar-refractivity contribution in [1.82, 2.24) is 5.32 Å². The molecule has 0 aromatic heterocycles. The predicted octanol–water partition coefficient (Wildman–Crippen LogP) is 2.27. The van der Waals surface area contributed by atoms with Crippen LogP contribution in [0, 0.1) is 0 Å². The maximum absolute atomic E-state index is 12.3. The zero-order valence-corrected chi connectivity index (χ0v) is 13.7. The van der Waals surface area contributed by atoms with Crippen molar-refractivity contribution in [2.45, 2.75) is 31.9 Å². The largest absolute Gasteiger partial charge is 0.497 e. The lowest BCUT2D eigenvalue weighted by Crippen LogP contribution is -2.28. The van der Waals surface area contributed by atoms with Gasteiger partial charge in [0, 0.05) is 35.0 Å². The molecule has 1 fully saturated rings. The number of ether oxygens (including phenoxy) is 2. The quantitative estimate of drug-likeness (QED) is 0.800. The summed E-state index contributed by atoms with van der Waals surface area (Å²) in [5.74, 6) is 2.12. The predicted molar refractivity (Wildman–Crippen MR) is 86.3 cm³/mol. The number of hydrogen-bond acceptors (Lipinski definition) is 4. The van der Waals surface area contributed by atoms with Gasteiger partial charge in [0.15, 0.2) is 0 Å². The van der Waals surface area contributed by atoms with Crippen LogP contribution in [0.5, 0.6) is 5.75 Å². The Hall–Kier alpha value is -0.910. The van der Waals surface area contributed by atoms with Crippen LogP contribution in [0.2, 0.25) is 0 Å². The normalized spacial score (nSPS) is 21.1. The zero-order valence-electron chi connectivity index (χ0n) is 12.8. The van der Waals surface area contributed by atoms with Crippen LogP contribution < -0.4 is 10.1 Å². The number of rotatable bonds is 8. The minimum Gasteiger partial charge on any atom is -0.497 e. The maximum atomic E-state index is 12.3.